The second-order valence-electron chi connectivity index (χ2n) is 5.28. The molecule has 1 aromatic heterocycles. The largest absolute Gasteiger partial charge is 0.383 e. The van der Waals surface area contributed by atoms with Gasteiger partial charge in [0.05, 0.1) is 5.75 Å². The first-order valence-corrected chi connectivity index (χ1v) is 8.37. The summed E-state index contributed by atoms with van der Waals surface area (Å²) >= 11 is 1.22. The van der Waals surface area contributed by atoms with E-state index in [-0.39, 0.29) is 17.7 Å². The number of hydrogen-bond donors (Lipinski definition) is 3. The van der Waals surface area contributed by atoms with Gasteiger partial charge in [0.25, 0.3) is 0 Å². The van der Waals surface area contributed by atoms with Crippen LogP contribution in [0.2, 0.25) is 0 Å². The lowest BCUT2D eigenvalue weighted by Gasteiger charge is -2.13. The second-order valence-corrected chi connectivity index (χ2v) is 6.22. The molecular weight excluding hydrogens is 310 g/mol. The summed E-state index contributed by atoms with van der Waals surface area (Å²) in [6, 6.07) is 11.8. The Morgan fingerprint density at radius 2 is 1.87 bits per heavy atom. The Bertz CT molecular complexity index is 630. The van der Waals surface area contributed by atoms with Crippen molar-refractivity contribution in [1.29, 1.82) is 0 Å². The highest BCUT2D eigenvalue weighted by Gasteiger charge is 2.10. The number of nitrogen functional groups attached to an aromatic ring is 2. The summed E-state index contributed by atoms with van der Waals surface area (Å²) in [5, 5.41) is 3.38. The normalized spacial score (nSPS) is 11.9. The molecule has 0 radical (unpaired) electrons. The molecule has 0 aliphatic heterocycles. The molecule has 122 valence electrons. The number of nitrogens with zero attached hydrogens (tertiary/aromatic N) is 2. The van der Waals surface area contributed by atoms with E-state index in [0.717, 1.165) is 12.8 Å². The lowest BCUT2D eigenvalue weighted by atomic mass is 10.1. The van der Waals surface area contributed by atoms with E-state index in [9.17, 15) is 4.79 Å². The highest BCUT2D eigenvalue weighted by Crippen LogP contribution is 2.16. The molecule has 2 rings (SSSR count). The number of rotatable bonds is 7. The molecule has 0 fully saturated rings. The monoisotopic (exact) mass is 331 g/mol. The van der Waals surface area contributed by atoms with Crippen LogP contribution in [0.5, 0.6) is 0 Å². The zero-order valence-electron chi connectivity index (χ0n) is 13.0. The zero-order valence-corrected chi connectivity index (χ0v) is 13.8. The first-order chi connectivity index (χ1) is 11.0. The molecule has 0 spiro atoms. The molecule has 2 aromatic rings. The number of thioether (sulfide) groups is 1. The number of amides is 1. The Balaban J connectivity index is 1.73. The lowest BCUT2D eigenvalue weighted by molar-refractivity contribution is -0.119. The first-order valence-electron chi connectivity index (χ1n) is 7.39. The summed E-state index contributed by atoms with van der Waals surface area (Å²) in [5.41, 5.74) is 12.5. The van der Waals surface area contributed by atoms with Gasteiger partial charge >= 0.3 is 0 Å². The van der Waals surface area contributed by atoms with Gasteiger partial charge in [0.2, 0.25) is 5.91 Å². The van der Waals surface area contributed by atoms with Gasteiger partial charge in [-0.3, -0.25) is 4.79 Å². The summed E-state index contributed by atoms with van der Waals surface area (Å²) in [4.78, 5) is 20.0. The molecule has 0 saturated carbocycles. The van der Waals surface area contributed by atoms with E-state index < -0.39 is 0 Å². The molecule has 7 heteroatoms. The lowest BCUT2D eigenvalue weighted by Crippen LogP contribution is -2.34. The predicted octanol–water partition coefficient (Wildman–Crippen LogP) is 1.87. The highest BCUT2D eigenvalue weighted by atomic mass is 32.2. The molecule has 0 aliphatic carbocycles. The van der Waals surface area contributed by atoms with Crippen molar-refractivity contribution in [3.8, 4) is 0 Å². The average Bonchev–Trinajstić information content (AvgIpc) is 2.51. The number of carbonyl (C=O) groups excluding carboxylic acids is 1. The minimum absolute atomic E-state index is 0.0554. The minimum atomic E-state index is -0.0554. The van der Waals surface area contributed by atoms with E-state index in [1.165, 1.54) is 23.4 Å². The predicted molar refractivity (Wildman–Crippen MR) is 93.9 cm³/mol. The van der Waals surface area contributed by atoms with E-state index in [1.54, 1.807) is 0 Å². The smallest absolute Gasteiger partial charge is 0.230 e. The van der Waals surface area contributed by atoms with Crippen LogP contribution in [0.25, 0.3) is 0 Å². The highest BCUT2D eigenvalue weighted by molar-refractivity contribution is 7.99. The number of hydrogen-bond acceptors (Lipinski definition) is 6. The number of anilines is 2. The van der Waals surface area contributed by atoms with E-state index in [2.05, 4.69) is 27.4 Å². The third-order valence-corrected chi connectivity index (χ3v) is 4.04. The molecule has 1 atom stereocenters. The van der Waals surface area contributed by atoms with Crippen LogP contribution < -0.4 is 16.8 Å². The van der Waals surface area contributed by atoms with Crippen LogP contribution in [-0.4, -0.2) is 27.7 Å². The van der Waals surface area contributed by atoms with E-state index in [0.29, 0.717) is 16.8 Å². The Labute approximate surface area is 140 Å². The van der Waals surface area contributed by atoms with Crippen LogP contribution in [0.4, 0.5) is 11.6 Å². The average molecular weight is 331 g/mol. The quantitative estimate of drug-likeness (QED) is 0.528. The standard InChI is InChI=1S/C16H21N5OS/c1-11(7-8-12-5-3-2-4-6-12)19-15(22)10-23-16-20-13(17)9-14(18)21-16/h2-6,9,11H,7-8,10H2,1H3,(H,19,22)(H4,17,18,20,21)/t11-/m0/s1. The van der Waals surface area contributed by atoms with Gasteiger partial charge in [-0.25, -0.2) is 9.97 Å². The van der Waals surface area contributed by atoms with Crippen LogP contribution >= 0.6 is 11.8 Å². The Kier molecular flexibility index (Phi) is 6.22. The van der Waals surface area contributed by atoms with Crippen LogP contribution in [0.15, 0.2) is 41.6 Å². The summed E-state index contributed by atoms with van der Waals surface area (Å²) in [5.74, 6) is 0.784. The molecule has 1 heterocycles. The summed E-state index contributed by atoms with van der Waals surface area (Å²) in [6.07, 6.45) is 1.83. The van der Waals surface area contributed by atoms with Gasteiger partial charge in [0.15, 0.2) is 5.16 Å². The van der Waals surface area contributed by atoms with Crippen molar-refractivity contribution in [2.24, 2.45) is 0 Å². The Morgan fingerprint density at radius 1 is 1.22 bits per heavy atom. The van der Waals surface area contributed by atoms with Gasteiger partial charge in [-0.05, 0) is 25.3 Å². The molecule has 23 heavy (non-hydrogen) atoms. The fourth-order valence-corrected chi connectivity index (χ4v) is 2.76. The number of aromatic nitrogens is 2. The summed E-state index contributed by atoms with van der Waals surface area (Å²) in [7, 11) is 0. The molecule has 0 aliphatic rings. The fourth-order valence-electron chi connectivity index (χ4n) is 2.07. The van der Waals surface area contributed by atoms with Crippen molar-refractivity contribution in [2.45, 2.75) is 31.0 Å². The molecule has 0 saturated heterocycles. The second kappa shape index (κ2) is 8.38. The molecule has 0 unspecified atom stereocenters. The van der Waals surface area contributed by atoms with E-state index >= 15 is 0 Å². The molecule has 6 nitrogen and oxygen atoms in total. The van der Waals surface area contributed by atoms with Crippen molar-refractivity contribution in [3.05, 3.63) is 42.0 Å². The number of carbonyl (C=O) groups is 1. The van der Waals surface area contributed by atoms with Gasteiger partial charge in [-0.15, -0.1) is 0 Å². The van der Waals surface area contributed by atoms with Gasteiger partial charge in [0.1, 0.15) is 11.6 Å². The van der Waals surface area contributed by atoms with Gasteiger partial charge in [-0.2, -0.15) is 0 Å². The van der Waals surface area contributed by atoms with Gasteiger partial charge in [0, 0.05) is 12.1 Å². The van der Waals surface area contributed by atoms with Gasteiger partial charge in [-0.1, -0.05) is 42.1 Å². The minimum Gasteiger partial charge on any atom is -0.383 e. The topological polar surface area (TPSA) is 107 Å². The molecular formula is C16H21N5OS. The first kappa shape index (κ1) is 17.1. The zero-order chi connectivity index (χ0) is 16.7. The Hall–Kier alpha value is -2.28. The number of benzene rings is 1. The van der Waals surface area contributed by atoms with Gasteiger partial charge < -0.3 is 16.8 Å². The van der Waals surface area contributed by atoms with Crippen molar-refractivity contribution in [1.82, 2.24) is 15.3 Å². The van der Waals surface area contributed by atoms with Crippen molar-refractivity contribution in [3.63, 3.8) is 0 Å². The van der Waals surface area contributed by atoms with Crippen molar-refractivity contribution in [2.75, 3.05) is 17.2 Å². The van der Waals surface area contributed by atoms with Crippen LogP contribution in [0.3, 0.4) is 0 Å². The molecule has 0 bridgehead atoms. The SMILES string of the molecule is C[C@@H](CCc1ccccc1)NC(=O)CSc1nc(N)cc(N)n1. The molecule has 1 amide bonds. The van der Waals surface area contributed by atoms with Crippen LogP contribution in [0.1, 0.15) is 18.9 Å². The maximum Gasteiger partial charge on any atom is 0.230 e. The maximum atomic E-state index is 12.0. The molecule has 5 N–H and O–H groups in total. The molecule has 1 aromatic carbocycles. The third kappa shape index (κ3) is 6.15. The van der Waals surface area contributed by atoms with Crippen LogP contribution in [-0.2, 0) is 11.2 Å². The third-order valence-electron chi connectivity index (χ3n) is 3.19. The number of nitrogens with one attached hydrogen (secondary N) is 1. The van der Waals surface area contributed by atoms with E-state index in [1.807, 2.05) is 25.1 Å². The number of nitrogens with two attached hydrogens (primary N) is 2. The summed E-state index contributed by atoms with van der Waals surface area (Å²) < 4.78 is 0. The Morgan fingerprint density at radius 3 is 2.52 bits per heavy atom. The van der Waals surface area contributed by atoms with Crippen molar-refractivity contribution < 1.29 is 4.79 Å². The van der Waals surface area contributed by atoms with E-state index in [4.69, 9.17) is 11.5 Å². The summed E-state index contributed by atoms with van der Waals surface area (Å²) in [6.45, 7) is 2.00. The fraction of sp³-hybridized carbons (Fsp3) is 0.312. The number of aryl methyl sites for hydroxylation is 1. The van der Waals surface area contributed by atoms with Crippen LogP contribution in [0, 0.1) is 0 Å². The maximum absolute atomic E-state index is 12.0. The van der Waals surface area contributed by atoms with Crippen molar-refractivity contribution >= 4 is 29.3 Å².